The van der Waals surface area contributed by atoms with Crippen molar-refractivity contribution in [3.63, 3.8) is 0 Å². The highest BCUT2D eigenvalue weighted by atomic mass is 32.2. The molecule has 2 aromatic rings. The van der Waals surface area contributed by atoms with Gasteiger partial charge < -0.3 is 9.47 Å². The Morgan fingerprint density at radius 3 is 2.50 bits per heavy atom. The van der Waals surface area contributed by atoms with Gasteiger partial charge in [0.1, 0.15) is 0 Å². The summed E-state index contributed by atoms with van der Waals surface area (Å²) in [6, 6.07) is 6.29. The molecule has 0 bridgehead atoms. The van der Waals surface area contributed by atoms with E-state index in [1.807, 2.05) is 6.20 Å². The quantitative estimate of drug-likeness (QED) is 0.810. The number of hydrogen-bond acceptors (Lipinski definition) is 5. The summed E-state index contributed by atoms with van der Waals surface area (Å²) in [6.45, 7) is 3.16. The second-order valence-electron chi connectivity index (χ2n) is 6.08. The van der Waals surface area contributed by atoms with E-state index in [2.05, 4.69) is 39.6 Å². The maximum absolute atomic E-state index is 5.47. The molecular weight excluding hydrogens is 322 g/mol. The Morgan fingerprint density at radius 1 is 1.21 bits per heavy atom. The van der Waals surface area contributed by atoms with Crippen molar-refractivity contribution in [2.24, 2.45) is 0 Å². The Balaban J connectivity index is 1.68. The van der Waals surface area contributed by atoms with Crippen LogP contribution in [0.15, 0.2) is 29.3 Å². The van der Waals surface area contributed by atoms with Gasteiger partial charge in [-0.05, 0) is 55.9 Å². The number of benzene rings is 1. The minimum Gasteiger partial charge on any atom is -0.493 e. The number of piperidine rings is 1. The van der Waals surface area contributed by atoms with Crippen molar-refractivity contribution in [3.05, 3.63) is 35.7 Å². The number of hydrogen-bond donors (Lipinski definition) is 1. The SMILES string of the molecule is COc1cc(CN2CCC(c3ccn[nH]3)CC2)c(SC)cc1OC. The van der Waals surface area contributed by atoms with Crippen molar-refractivity contribution in [2.75, 3.05) is 33.6 Å². The highest BCUT2D eigenvalue weighted by Crippen LogP contribution is 2.36. The summed E-state index contributed by atoms with van der Waals surface area (Å²) in [5, 5.41) is 7.19. The Bertz CT molecular complexity index is 653. The van der Waals surface area contributed by atoms with Gasteiger partial charge in [-0.2, -0.15) is 5.10 Å². The number of rotatable bonds is 6. The number of aromatic nitrogens is 2. The van der Waals surface area contributed by atoms with Gasteiger partial charge in [-0.25, -0.2) is 0 Å². The molecule has 130 valence electrons. The molecule has 1 saturated heterocycles. The first-order chi connectivity index (χ1) is 11.7. The monoisotopic (exact) mass is 347 g/mol. The zero-order valence-corrected chi connectivity index (χ0v) is 15.4. The van der Waals surface area contributed by atoms with Crippen molar-refractivity contribution >= 4 is 11.8 Å². The standard InChI is InChI=1S/C18H25N3O2S/c1-22-16-10-14(18(24-3)11-17(16)23-2)12-21-8-5-13(6-9-21)15-4-7-19-20-15/h4,7,10-11,13H,5-6,8-9,12H2,1-3H3,(H,19,20). The van der Waals surface area contributed by atoms with E-state index in [4.69, 9.17) is 9.47 Å². The number of thioether (sulfide) groups is 1. The van der Waals surface area contributed by atoms with Crippen LogP contribution in [-0.4, -0.2) is 48.7 Å². The van der Waals surface area contributed by atoms with Crippen LogP contribution in [0.1, 0.15) is 30.0 Å². The van der Waals surface area contributed by atoms with E-state index in [-0.39, 0.29) is 0 Å². The number of aromatic amines is 1. The van der Waals surface area contributed by atoms with Crippen LogP contribution in [0.25, 0.3) is 0 Å². The molecule has 0 amide bonds. The summed E-state index contributed by atoms with van der Waals surface area (Å²) in [4.78, 5) is 3.77. The average molecular weight is 347 g/mol. The Morgan fingerprint density at radius 2 is 1.92 bits per heavy atom. The highest BCUT2D eigenvalue weighted by Gasteiger charge is 2.22. The molecule has 1 N–H and O–H groups in total. The summed E-state index contributed by atoms with van der Waals surface area (Å²) < 4.78 is 10.9. The number of nitrogens with zero attached hydrogens (tertiary/aromatic N) is 2. The van der Waals surface area contributed by atoms with Gasteiger partial charge in [-0.3, -0.25) is 10.00 Å². The fourth-order valence-corrected chi connectivity index (χ4v) is 3.96. The molecule has 1 aliphatic rings. The van der Waals surface area contributed by atoms with Crippen molar-refractivity contribution in [1.29, 1.82) is 0 Å². The molecular formula is C18H25N3O2S. The maximum Gasteiger partial charge on any atom is 0.161 e. The lowest BCUT2D eigenvalue weighted by atomic mass is 9.93. The van der Waals surface area contributed by atoms with E-state index in [9.17, 15) is 0 Å². The largest absolute Gasteiger partial charge is 0.493 e. The molecule has 3 rings (SSSR count). The van der Waals surface area contributed by atoms with Crippen molar-refractivity contribution in [2.45, 2.75) is 30.2 Å². The molecule has 1 aliphatic heterocycles. The zero-order chi connectivity index (χ0) is 16.9. The molecule has 2 heterocycles. The van der Waals surface area contributed by atoms with Crippen LogP contribution >= 0.6 is 11.8 Å². The fraction of sp³-hybridized carbons (Fsp3) is 0.500. The predicted octanol–water partition coefficient (Wildman–Crippen LogP) is 3.53. The first-order valence-electron chi connectivity index (χ1n) is 8.25. The van der Waals surface area contributed by atoms with Crippen molar-refractivity contribution in [3.8, 4) is 11.5 Å². The molecule has 0 saturated carbocycles. The van der Waals surface area contributed by atoms with E-state index in [0.29, 0.717) is 5.92 Å². The highest BCUT2D eigenvalue weighted by molar-refractivity contribution is 7.98. The minimum absolute atomic E-state index is 0.606. The third-order valence-corrected chi connectivity index (χ3v) is 5.55. The van der Waals surface area contributed by atoms with Crippen molar-refractivity contribution < 1.29 is 9.47 Å². The topological polar surface area (TPSA) is 50.4 Å². The van der Waals surface area contributed by atoms with E-state index >= 15 is 0 Å². The van der Waals surface area contributed by atoms with Crippen LogP contribution in [0.4, 0.5) is 0 Å². The molecule has 0 atom stereocenters. The second kappa shape index (κ2) is 7.94. The van der Waals surface area contributed by atoms with E-state index in [0.717, 1.165) is 31.1 Å². The number of likely N-dealkylation sites (tertiary alicyclic amines) is 1. The van der Waals surface area contributed by atoms with Crippen LogP contribution in [0, 0.1) is 0 Å². The van der Waals surface area contributed by atoms with Crippen LogP contribution in [0.2, 0.25) is 0 Å². The Kier molecular flexibility index (Phi) is 5.68. The van der Waals surface area contributed by atoms with Crippen LogP contribution < -0.4 is 9.47 Å². The molecule has 0 unspecified atom stereocenters. The maximum atomic E-state index is 5.47. The summed E-state index contributed by atoms with van der Waals surface area (Å²) in [5.74, 6) is 2.20. The molecule has 1 aromatic heterocycles. The number of nitrogens with one attached hydrogen (secondary N) is 1. The van der Waals surface area contributed by atoms with Crippen LogP contribution in [-0.2, 0) is 6.54 Å². The average Bonchev–Trinajstić information content (AvgIpc) is 3.16. The first-order valence-corrected chi connectivity index (χ1v) is 9.48. The van der Waals surface area contributed by atoms with Gasteiger partial charge in [0.05, 0.1) is 14.2 Å². The zero-order valence-electron chi connectivity index (χ0n) is 14.5. The van der Waals surface area contributed by atoms with Gasteiger partial charge in [0.2, 0.25) is 0 Å². The van der Waals surface area contributed by atoms with Crippen LogP contribution in [0.3, 0.4) is 0 Å². The van der Waals surface area contributed by atoms with E-state index < -0.39 is 0 Å². The smallest absolute Gasteiger partial charge is 0.161 e. The predicted molar refractivity (Wildman–Crippen MR) is 97.2 cm³/mol. The van der Waals surface area contributed by atoms with Gasteiger partial charge in [-0.15, -0.1) is 11.8 Å². The molecule has 1 fully saturated rings. The molecule has 24 heavy (non-hydrogen) atoms. The summed E-state index contributed by atoms with van der Waals surface area (Å²) in [7, 11) is 3.37. The van der Waals surface area contributed by atoms with Gasteiger partial charge >= 0.3 is 0 Å². The lowest BCUT2D eigenvalue weighted by Crippen LogP contribution is -2.32. The molecule has 0 aliphatic carbocycles. The van der Waals surface area contributed by atoms with E-state index in [1.54, 1.807) is 26.0 Å². The fourth-order valence-electron chi connectivity index (χ4n) is 3.35. The van der Waals surface area contributed by atoms with Crippen LogP contribution in [0.5, 0.6) is 11.5 Å². The number of methoxy groups -OCH3 is 2. The third kappa shape index (κ3) is 3.70. The molecule has 0 radical (unpaired) electrons. The van der Waals surface area contributed by atoms with Gasteiger partial charge in [0.25, 0.3) is 0 Å². The lowest BCUT2D eigenvalue weighted by molar-refractivity contribution is 0.201. The number of ether oxygens (including phenoxy) is 2. The second-order valence-corrected chi connectivity index (χ2v) is 6.93. The molecule has 1 aromatic carbocycles. The third-order valence-electron chi connectivity index (χ3n) is 4.73. The van der Waals surface area contributed by atoms with Crippen molar-refractivity contribution in [1.82, 2.24) is 15.1 Å². The van der Waals surface area contributed by atoms with Gasteiger partial charge in [-0.1, -0.05) is 0 Å². The molecule has 5 nitrogen and oxygen atoms in total. The lowest BCUT2D eigenvalue weighted by Gasteiger charge is -2.32. The molecule has 6 heteroatoms. The van der Waals surface area contributed by atoms with E-state index in [1.165, 1.54) is 29.0 Å². The minimum atomic E-state index is 0.606. The Hall–Kier alpha value is -1.66. The summed E-state index contributed by atoms with van der Waals surface area (Å²) in [6.07, 6.45) is 6.29. The molecule has 0 spiro atoms. The normalized spacial score (nSPS) is 16.3. The Labute approximate surface area is 147 Å². The van der Waals surface area contributed by atoms with Gasteiger partial charge in [0, 0.05) is 29.2 Å². The number of H-pyrrole nitrogens is 1. The summed E-state index contributed by atoms with van der Waals surface area (Å²) >= 11 is 1.76. The van der Waals surface area contributed by atoms with Gasteiger partial charge in [0.15, 0.2) is 11.5 Å². The first kappa shape index (κ1) is 17.2. The summed E-state index contributed by atoms with van der Waals surface area (Å²) in [5.41, 5.74) is 2.57.